The smallest absolute Gasteiger partial charge is 0.242 e. The van der Waals surface area contributed by atoms with Gasteiger partial charge in [0.1, 0.15) is 11.9 Å². The predicted molar refractivity (Wildman–Crippen MR) is 147 cm³/mol. The van der Waals surface area contributed by atoms with E-state index >= 15 is 0 Å². The Morgan fingerprint density at radius 3 is 2.49 bits per heavy atom. The molecular formula is C28H28ClFN4O4S. The van der Waals surface area contributed by atoms with Gasteiger partial charge in [-0.2, -0.15) is 4.72 Å². The molecule has 2 bridgehead atoms. The molecule has 1 N–H and O–H groups in total. The number of carbonyl (C=O) groups excluding carboxylic acids is 2. The molecule has 0 spiro atoms. The average molecular weight is 571 g/mol. The largest absolute Gasteiger partial charge is 0.365 e. The van der Waals surface area contributed by atoms with Crippen LogP contribution in [0.15, 0.2) is 65.6 Å². The molecule has 0 radical (unpaired) electrons. The fourth-order valence-electron chi connectivity index (χ4n) is 6.00. The zero-order valence-corrected chi connectivity index (χ0v) is 22.7. The Balaban J connectivity index is 1.09. The van der Waals surface area contributed by atoms with Crippen molar-refractivity contribution in [2.45, 2.75) is 42.3 Å². The summed E-state index contributed by atoms with van der Waals surface area (Å²) in [6.45, 7) is 1.54. The van der Waals surface area contributed by atoms with Gasteiger partial charge < -0.3 is 14.7 Å². The Morgan fingerprint density at radius 2 is 1.74 bits per heavy atom. The van der Waals surface area contributed by atoms with Gasteiger partial charge in [-0.15, -0.1) is 0 Å². The van der Waals surface area contributed by atoms with E-state index in [9.17, 15) is 22.4 Å². The number of hydrogen-bond donors (Lipinski definition) is 1. The average Bonchev–Trinajstić information content (AvgIpc) is 3.52. The summed E-state index contributed by atoms with van der Waals surface area (Å²) in [5.41, 5.74) is 0.938. The van der Waals surface area contributed by atoms with Gasteiger partial charge in [0.25, 0.3) is 0 Å². The van der Waals surface area contributed by atoms with Crippen molar-refractivity contribution in [2.75, 3.05) is 31.1 Å². The lowest BCUT2D eigenvalue weighted by atomic mass is 10.1. The van der Waals surface area contributed by atoms with Crippen LogP contribution in [0.1, 0.15) is 19.3 Å². The number of nitrogens with one attached hydrogen (secondary N) is 1. The highest BCUT2D eigenvalue weighted by Crippen LogP contribution is 2.35. The highest BCUT2D eigenvalue weighted by Gasteiger charge is 2.46. The van der Waals surface area contributed by atoms with Crippen LogP contribution in [0, 0.1) is 5.82 Å². The number of amides is 2. The molecule has 3 fully saturated rings. The van der Waals surface area contributed by atoms with E-state index in [0.29, 0.717) is 37.5 Å². The predicted octanol–water partition coefficient (Wildman–Crippen LogP) is 3.39. The summed E-state index contributed by atoms with van der Waals surface area (Å²) in [5.74, 6) is -0.802. The minimum absolute atomic E-state index is 0.0320. The summed E-state index contributed by atoms with van der Waals surface area (Å²) in [6, 6.07) is 15.6. The van der Waals surface area contributed by atoms with E-state index in [1.807, 2.05) is 4.90 Å². The van der Waals surface area contributed by atoms with E-state index in [4.69, 9.17) is 11.6 Å². The second kappa shape index (κ2) is 10.1. The third kappa shape index (κ3) is 5.08. The van der Waals surface area contributed by atoms with E-state index in [1.165, 1.54) is 23.1 Å². The normalized spacial score (nSPS) is 23.2. The first-order valence-corrected chi connectivity index (χ1v) is 14.9. The number of nitrogens with zero attached hydrogens (tertiary/aromatic N) is 3. The van der Waals surface area contributed by atoms with Gasteiger partial charge in [-0.05, 0) is 78.6 Å². The summed E-state index contributed by atoms with van der Waals surface area (Å²) >= 11 is 6.03. The van der Waals surface area contributed by atoms with Crippen molar-refractivity contribution in [1.82, 2.24) is 14.5 Å². The third-order valence-electron chi connectivity index (χ3n) is 7.96. The molecule has 0 saturated carbocycles. The molecule has 0 aromatic heterocycles. The Bertz CT molecular complexity index is 1550. The Labute approximate surface area is 231 Å². The summed E-state index contributed by atoms with van der Waals surface area (Å²) in [4.78, 5) is 32.0. The second-order valence-corrected chi connectivity index (χ2v) is 12.6. The van der Waals surface area contributed by atoms with E-state index < -0.39 is 16.1 Å². The van der Waals surface area contributed by atoms with Crippen LogP contribution in [0.2, 0.25) is 5.02 Å². The van der Waals surface area contributed by atoms with Crippen LogP contribution in [0.4, 0.5) is 10.1 Å². The minimum Gasteiger partial charge on any atom is -0.365 e. The zero-order valence-electron chi connectivity index (χ0n) is 21.1. The highest BCUT2D eigenvalue weighted by atomic mass is 35.5. The van der Waals surface area contributed by atoms with Crippen molar-refractivity contribution in [2.24, 2.45) is 0 Å². The summed E-state index contributed by atoms with van der Waals surface area (Å²) in [5, 5.41) is 2.10. The van der Waals surface area contributed by atoms with Crippen molar-refractivity contribution in [3.8, 4) is 0 Å². The lowest BCUT2D eigenvalue weighted by Gasteiger charge is -2.38. The lowest BCUT2D eigenvalue weighted by Crippen LogP contribution is -2.56. The molecule has 8 nitrogen and oxygen atoms in total. The van der Waals surface area contributed by atoms with Crippen LogP contribution in [0.25, 0.3) is 10.8 Å². The first-order valence-electron chi connectivity index (χ1n) is 13.0. The van der Waals surface area contributed by atoms with Gasteiger partial charge >= 0.3 is 0 Å². The molecule has 3 heterocycles. The quantitative estimate of drug-likeness (QED) is 0.491. The Kier molecular flexibility index (Phi) is 6.73. The van der Waals surface area contributed by atoms with E-state index in [2.05, 4.69) is 9.62 Å². The molecule has 3 unspecified atom stereocenters. The fourth-order valence-corrected chi connectivity index (χ4v) is 7.44. The van der Waals surface area contributed by atoms with E-state index in [0.717, 1.165) is 22.9 Å². The number of hydrogen-bond acceptors (Lipinski definition) is 5. The molecule has 3 aliphatic rings. The maximum atomic E-state index is 13.3. The molecule has 11 heteroatoms. The number of halogens is 2. The van der Waals surface area contributed by atoms with Crippen molar-refractivity contribution < 1.29 is 22.4 Å². The maximum Gasteiger partial charge on any atom is 0.242 e. The van der Waals surface area contributed by atoms with Crippen LogP contribution >= 0.6 is 11.6 Å². The van der Waals surface area contributed by atoms with Crippen molar-refractivity contribution in [1.29, 1.82) is 0 Å². The van der Waals surface area contributed by atoms with Gasteiger partial charge in [-0.25, -0.2) is 12.8 Å². The minimum atomic E-state index is -3.96. The number of piperidine rings is 1. The van der Waals surface area contributed by atoms with Crippen LogP contribution in [0.3, 0.4) is 0 Å². The van der Waals surface area contributed by atoms with Crippen molar-refractivity contribution in [3.63, 3.8) is 0 Å². The number of piperazine rings is 1. The molecule has 2 amide bonds. The van der Waals surface area contributed by atoms with E-state index in [1.54, 1.807) is 42.5 Å². The number of sulfonamides is 1. The number of rotatable bonds is 6. The monoisotopic (exact) mass is 570 g/mol. The van der Waals surface area contributed by atoms with Gasteiger partial charge in [0, 0.05) is 36.4 Å². The van der Waals surface area contributed by atoms with Crippen molar-refractivity contribution >= 4 is 49.9 Å². The molecule has 0 aliphatic carbocycles. The van der Waals surface area contributed by atoms with E-state index in [-0.39, 0.29) is 41.2 Å². The van der Waals surface area contributed by atoms with Crippen molar-refractivity contribution in [3.05, 3.63) is 71.5 Å². The molecule has 3 aromatic carbocycles. The topological polar surface area (TPSA) is 90.0 Å². The Hall–Kier alpha value is -3.21. The molecule has 3 aromatic rings. The maximum absolute atomic E-state index is 13.3. The molecule has 3 atom stereocenters. The number of benzene rings is 3. The van der Waals surface area contributed by atoms with Crippen LogP contribution in [-0.4, -0.2) is 74.3 Å². The fraction of sp³-hybridized carbons (Fsp3) is 0.357. The molecule has 3 aliphatic heterocycles. The third-order valence-corrected chi connectivity index (χ3v) is 9.66. The molecular weight excluding hydrogens is 543 g/mol. The van der Waals surface area contributed by atoms with Gasteiger partial charge in [-0.1, -0.05) is 23.7 Å². The standard InChI is InChI=1S/C28H28ClFN4O4S/c29-20-5-3-19-13-25(10-4-18(19)12-20)39(37,38)31-26-2-1-11-32(28(26)36)17-27(35)34-16-23-14-24(34)15-33(23)22-8-6-21(30)7-9-22/h3-10,12-13,23-24,26,31H,1-2,11,14-17H2. The first kappa shape index (κ1) is 26.0. The summed E-state index contributed by atoms with van der Waals surface area (Å²) in [7, 11) is -3.96. The van der Waals surface area contributed by atoms with Gasteiger partial charge in [0.15, 0.2) is 0 Å². The van der Waals surface area contributed by atoms with Gasteiger partial charge in [-0.3, -0.25) is 9.59 Å². The van der Waals surface area contributed by atoms with Crippen LogP contribution in [-0.2, 0) is 19.6 Å². The van der Waals surface area contributed by atoms with Gasteiger partial charge in [0.05, 0.1) is 17.5 Å². The number of carbonyl (C=O) groups is 2. The second-order valence-electron chi connectivity index (χ2n) is 10.4. The van der Waals surface area contributed by atoms with Crippen LogP contribution in [0.5, 0.6) is 0 Å². The molecule has 3 saturated heterocycles. The SMILES string of the molecule is O=C1C(NS(=O)(=O)c2ccc3cc(Cl)ccc3c2)CCCN1CC(=O)N1CC2CC1CN2c1ccc(F)cc1. The van der Waals surface area contributed by atoms with Crippen LogP contribution < -0.4 is 9.62 Å². The zero-order chi connectivity index (χ0) is 27.3. The first-order chi connectivity index (χ1) is 18.7. The number of anilines is 1. The molecule has 39 heavy (non-hydrogen) atoms. The summed E-state index contributed by atoms with van der Waals surface area (Å²) in [6.07, 6.45) is 1.79. The highest BCUT2D eigenvalue weighted by molar-refractivity contribution is 7.89. The molecule has 204 valence electrons. The Morgan fingerprint density at radius 1 is 1.00 bits per heavy atom. The number of likely N-dealkylation sites (tertiary alicyclic amines) is 2. The lowest BCUT2D eigenvalue weighted by molar-refractivity contribution is -0.143. The summed E-state index contributed by atoms with van der Waals surface area (Å²) < 4.78 is 42.2. The molecule has 6 rings (SSSR count). The number of fused-ring (bicyclic) bond motifs is 3. The van der Waals surface area contributed by atoms with Gasteiger partial charge in [0.2, 0.25) is 21.8 Å².